The minimum Gasteiger partial charge on any atom is -0.504 e. The van der Waals surface area contributed by atoms with Gasteiger partial charge in [0, 0.05) is 6.42 Å². The number of rotatable bonds is 10. The Balaban J connectivity index is 2.95. The molecule has 1 amide bonds. The van der Waals surface area contributed by atoms with Crippen LogP contribution in [0.1, 0.15) is 25.3 Å². The van der Waals surface area contributed by atoms with Gasteiger partial charge in [0.2, 0.25) is 5.91 Å². The Morgan fingerprint density at radius 1 is 1.11 bits per heavy atom. The van der Waals surface area contributed by atoms with Crippen molar-refractivity contribution < 1.29 is 34.8 Å². The van der Waals surface area contributed by atoms with E-state index in [0.717, 1.165) is 0 Å². The minimum atomic E-state index is -1.49. The molecule has 0 bridgehead atoms. The number of hydrogen-bond acceptors (Lipinski definition) is 6. The number of carbonyl (C=O) groups excluding carboxylic acids is 1. The predicted octanol–water partition coefficient (Wildman–Crippen LogP) is 0.594. The van der Waals surface area contributed by atoms with E-state index >= 15 is 0 Å². The van der Waals surface area contributed by atoms with Crippen LogP contribution in [-0.2, 0) is 20.8 Å². The number of carboxylic acid groups (broad SMARTS) is 2. The van der Waals surface area contributed by atoms with Gasteiger partial charge >= 0.3 is 11.9 Å². The topological polar surface area (TPSA) is 170 Å². The average molecular weight is 380 g/mol. The van der Waals surface area contributed by atoms with Gasteiger partial charge in [0.1, 0.15) is 12.1 Å². The lowest BCUT2D eigenvalue weighted by atomic mass is 9.94. The molecular formula is C18H24N2O7. The molecule has 0 saturated heterocycles. The highest BCUT2D eigenvalue weighted by molar-refractivity contribution is 5.89. The van der Waals surface area contributed by atoms with Crippen LogP contribution in [0.3, 0.4) is 0 Å². The van der Waals surface area contributed by atoms with E-state index in [1.54, 1.807) is 12.2 Å². The number of benzene rings is 1. The zero-order chi connectivity index (χ0) is 20.6. The second kappa shape index (κ2) is 10.2. The van der Waals surface area contributed by atoms with E-state index in [-0.39, 0.29) is 18.6 Å². The molecule has 9 nitrogen and oxygen atoms in total. The van der Waals surface area contributed by atoms with Gasteiger partial charge in [-0.25, -0.2) is 4.79 Å². The number of phenols is 2. The van der Waals surface area contributed by atoms with Crippen molar-refractivity contribution in [2.45, 2.75) is 38.3 Å². The highest BCUT2D eigenvalue weighted by Crippen LogP contribution is 2.25. The maximum atomic E-state index is 12.5. The standard InChI is InChI=1S/C18H24N2O7/c1-2-3-4-5-11(15(19)18(26)27)16(23)20-12(17(24)25)8-10-6-7-13(21)14(22)9-10/h3-4,6-7,9,11-12,15,21-22H,2,5,8,19H2,1H3,(H,20,23)(H,24,25)(H,26,27)/b4-3+/t11?,12-,15?/m1/s1. The van der Waals surface area contributed by atoms with Gasteiger partial charge < -0.3 is 31.5 Å². The van der Waals surface area contributed by atoms with Gasteiger partial charge in [-0.05, 0) is 30.5 Å². The first-order chi connectivity index (χ1) is 12.7. The largest absolute Gasteiger partial charge is 0.504 e. The van der Waals surface area contributed by atoms with Crippen molar-refractivity contribution in [2.24, 2.45) is 11.7 Å². The van der Waals surface area contributed by atoms with Crippen molar-refractivity contribution >= 4 is 17.8 Å². The number of allylic oxidation sites excluding steroid dienone is 2. The number of carbonyl (C=O) groups is 3. The molecule has 27 heavy (non-hydrogen) atoms. The fourth-order valence-electron chi connectivity index (χ4n) is 2.41. The summed E-state index contributed by atoms with van der Waals surface area (Å²) in [5.41, 5.74) is 5.95. The Labute approximate surface area is 156 Å². The molecule has 0 radical (unpaired) electrons. The molecular weight excluding hydrogens is 356 g/mol. The van der Waals surface area contributed by atoms with Gasteiger partial charge in [-0.2, -0.15) is 0 Å². The van der Waals surface area contributed by atoms with Gasteiger partial charge in [-0.1, -0.05) is 25.1 Å². The summed E-state index contributed by atoms with van der Waals surface area (Å²) in [5, 5.41) is 39.6. The lowest BCUT2D eigenvalue weighted by molar-refractivity contribution is -0.145. The fraction of sp³-hybridized carbons (Fsp3) is 0.389. The predicted molar refractivity (Wildman–Crippen MR) is 96.2 cm³/mol. The smallest absolute Gasteiger partial charge is 0.326 e. The average Bonchev–Trinajstić information content (AvgIpc) is 2.60. The maximum absolute atomic E-state index is 12.5. The molecule has 3 atom stereocenters. The molecule has 7 N–H and O–H groups in total. The number of nitrogens with two attached hydrogens (primary N) is 1. The Kier molecular flexibility index (Phi) is 8.28. The molecule has 0 aliphatic carbocycles. The molecule has 0 aliphatic heterocycles. The molecule has 0 aliphatic rings. The molecule has 1 aromatic rings. The Morgan fingerprint density at radius 2 is 1.78 bits per heavy atom. The van der Waals surface area contributed by atoms with Crippen LogP contribution in [-0.4, -0.2) is 50.4 Å². The summed E-state index contributed by atoms with van der Waals surface area (Å²) >= 11 is 0. The molecule has 9 heteroatoms. The Hall–Kier alpha value is -3.07. The lowest BCUT2D eigenvalue weighted by Gasteiger charge is -2.22. The summed E-state index contributed by atoms with van der Waals surface area (Å²) in [6.07, 6.45) is 3.95. The zero-order valence-corrected chi connectivity index (χ0v) is 14.8. The number of phenolic OH excluding ortho intramolecular Hbond substituents is 2. The Bertz CT molecular complexity index is 718. The second-order valence-corrected chi connectivity index (χ2v) is 6.01. The number of amides is 1. The summed E-state index contributed by atoms with van der Waals surface area (Å²) in [6.45, 7) is 1.87. The Morgan fingerprint density at radius 3 is 2.30 bits per heavy atom. The van der Waals surface area contributed by atoms with Crippen LogP contribution in [0.15, 0.2) is 30.4 Å². The van der Waals surface area contributed by atoms with Gasteiger partial charge in [0.05, 0.1) is 5.92 Å². The van der Waals surface area contributed by atoms with Crippen LogP contribution in [0.4, 0.5) is 0 Å². The fourth-order valence-corrected chi connectivity index (χ4v) is 2.41. The van der Waals surface area contributed by atoms with E-state index in [1.807, 2.05) is 6.92 Å². The van der Waals surface area contributed by atoms with E-state index < -0.39 is 41.6 Å². The summed E-state index contributed by atoms with van der Waals surface area (Å²) in [5.74, 6) is -5.40. The summed E-state index contributed by atoms with van der Waals surface area (Å²) in [6, 6.07) is 0.937. The molecule has 148 valence electrons. The lowest BCUT2D eigenvalue weighted by Crippen LogP contribution is -2.51. The maximum Gasteiger partial charge on any atom is 0.326 e. The molecule has 2 unspecified atom stereocenters. The quantitative estimate of drug-likeness (QED) is 0.253. The van der Waals surface area contributed by atoms with Crippen molar-refractivity contribution in [1.29, 1.82) is 0 Å². The second-order valence-electron chi connectivity index (χ2n) is 6.01. The monoisotopic (exact) mass is 380 g/mol. The van der Waals surface area contributed by atoms with Crippen molar-refractivity contribution in [3.05, 3.63) is 35.9 Å². The number of aromatic hydroxyl groups is 2. The first-order valence-electron chi connectivity index (χ1n) is 8.34. The van der Waals surface area contributed by atoms with E-state index in [1.165, 1.54) is 18.2 Å². The number of hydrogen-bond donors (Lipinski definition) is 6. The third-order valence-electron chi connectivity index (χ3n) is 3.94. The first-order valence-corrected chi connectivity index (χ1v) is 8.34. The van der Waals surface area contributed by atoms with E-state index in [0.29, 0.717) is 12.0 Å². The molecule has 1 rings (SSSR count). The molecule has 0 spiro atoms. The summed E-state index contributed by atoms with van der Waals surface area (Å²) in [7, 11) is 0. The molecule has 1 aromatic carbocycles. The number of nitrogens with one attached hydrogen (secondary N) is 1. The molecule has 0 saturated carbocycles. The highest BCUT2D eigenvalue weighted by Gasteiger charge is 2.32. The van der Waals surface area contributed by atoms with Crippen LogP contribution in [0.2, 0.25) is 0 Å². The van der Waals surface area contributed by atoms with Gasteiger partial charge in [-0.15, -0.1) is 0 Å². The van der Waals surface area contributed by atoms with Crippen LogP contribution in [0, 0.1) is 5.92 Å². The third kappa shape index (κ3) is 6.63. The van der Waals surface area contributed by atoms with Crippen molar-refractivity contribution in [1.82, 2.24) is 5.32 Å². The van der Waals surface area contributed by atoms with Crippen molar-refractivity contribution in [2.75, 3.05) is 0 Å². The molecule has 0 fully saturated rings. The normalized spacial score (nSPS) is 14.4. The van der Waals surface area contributed by atoms with Crippen LogP contribution >= 0.6 is 0 Å². The highest BCUT2D eigenvalue weighted by atomic mass is 16.4. The number of carboxylic acids is 2. The summed E-state index contributed by atoms with van der Waals surface area (Å²) < 4.78 is 0. The van der Waals surface area contributed by atoms with Gasteiger partial charge in [0.15, 0.2) is 11.5 Å². The van der Waals surface area contributed by atoms with E-state index in [9.17, 15) is 29.7 Å². The van der Waals surface area contributed by atoms with Gasteiger partial charge in [-0.3, -0.25) is 9.59 Å². The first kappa shape index (κ1) is 22.0. The van der Waals surface area contributed by atoms with Crippen molar-refractivity contribution in [3.63, 3.8) is 0 Å². The van der Waals surface area contributed by atoms with Gasteiger partial charge in [0.25, 0.3) is 0 Å². The summed E-state index contributed by atoms with van der Waals surface area (Å²) in [4.78, 5) is 35.1. The molecule has 0 heterocycles. The zero-order valence-electron chi connectivity index (χ0n) is 14.8. The minimum absolute atomic E-state index is 0.0550. The molecule has 0 aromatic heterocycles. The third-order valence-corrected chi connectivity index (χ3v) is 3.94. The van der Waals surface area contributed by atoms with E-state index in [4.69, 9.17) is 10.8 Å². The van der Waals surface area contributed by atoms with Crippen molar-refractivity contribution in [3.8, 4) is 11.5 Å². The van der Waals surface area contributed by atoms with Crippen LogP contribution in [0.5, 0.6) is 11.5 Å². The SMILES string of the molecule is CC/C=C/CC(C(=O)N[C@H](Cc1ccc(O)c(O)c1)C(=O)O)C(N)C(=O)O. The van der Waals surface area contributed by atoms with Crippen LogP contribution in [0.25, 0.3) is 0 Å². The van der Waals surface area contributed by atoms with E-state index in [2.05, 4.69) is 5.32 Å². The number of aliphatic carboxylic acids is 2. The van der Waals surface area contributed by atoms with Crippen LogP contribution < -0.4 is 11.1 Å².